The Morgan fingerprint density at radius 1 is 0.229 bits per heavy atom. The van der Waals surface area contributed by atoms with Crippen LogP contribution in [0.2, 0.25) is 0 Å². The molecule has 0 unspecified atom stereocenters. The molecule has 0 radical (unpaired) electrons. The summed E-state index contributed by atoms with van der Waals surface area (Å²) in [7, 11) is -34.0. The molecule has 14 N–H and O–H groups in total. The first-order valence-electron chi connectivity index (χ1n) is 13.0. The lowest BCUT2D eigenvalue weighted by atomic mass is 10.4. The summed E-state index contributed by atoms with van der Waals surface area (Å²) in [4.78, 5) is 135. The molecule has 0 aliphatic carbocycles. The van der Waals surface area contributed by atoms with E-state index in [0.717, 1.165) is 14.7 Å². The normalized spacial score (nSPS) is 14.7. The van der Waals surface area contributed by atoms with E-state index < -0.39 is 150 Å². The fourth-order valence-electron chi connectivity index (χ4n) is 4.09. The Morgan fingerprint density at radius 3 is 0.458 bits per heavy atom. The number of nitrogens with zero attached hydrogens (tertiary/aromatic N) is 5. The predicted molar refractivity (Wildman–Crippen MR) is 167 cm³/mol. The summed E-state index contributed by atoms with van der Waals surface area (Å²) in [5.41, 5.74) is 0. The van der Waals surface area contributed by atoms with E-state index in [0.29, 0.717) is 9.80 Å². The van der Waals surface area contributed by atoms with Gasteiger partial charge in [-0.2, -0.15) is 0 Å². The average molecular weight is 847 g/mol. The highest BCUT2D eigenvalue weighted by molar-refractivity contribution is 7.53. The van der Waals surface area contributed by atoms with Crippen molar-refractivity contribution in [2.45, 2.75) is 0 Å². The maximum atomic E-state index is 11.8. The van der Waals surface area contributed by atoms with Crippen LogP contribution in [0.25, 0.3) is 0 Å². The van der Waals surface area contributed by atoms with Crippen LogP contribution in [0.15, 0.2) is 0 Å². The zero-order chi connectivity index (χ0) is 38.0. The van der Waals surface area contributed by atoms with E-state index in [2.05, 4.69) is 0 Å². The van der Waals surface area contributed by atoms with Gasteiger partial charge in [-0.25, -0.2) is 0 Å². The summed E-state index contributed by atoms with van der Waals surface area (Å²) in [6.45, 7) is -3.65. The largest absolute Gasteiger partial charge is 0.339 e. The van der Waals surface area contributed by atoms with Crippen LogP contribution in [0, 0.1) is 0 Å². The second-order valence-electron chi connectivity index (χ2n) is 10.8. The molecule has 0 aromatic carbocycles. The molecule has 0 spiro atoms. The lowest BCUT2D eigenvalue weighted by molar-refractivity contribution is 0.172. The van der Waals surface area contributed by atoms with Crippen LogP contribution in [-0.4, -0.2) is 189 Å². The molecule has 0 aliphatic heterocycles. The molecule has 0 aliphatic rings. The lowest BCUT2D eigenvalue weighted by Gasteiger charge is -2.32. The van der Waals surface area contributed by atoms with Gasteiger partial charge in [0.15, 0.2) is 0 Å². The lowest BCUT2D eigenvalue weighted by Crippen LogP contribution is -2.44. The van der Waals surface area contributed by atoms with E-state index >= 15 is 0 Å². The molecular weight excluding hydrogens is 803 g/mol. The standard InChI is InChI=1S/C15H44N5O21P7/c21-42(22,23)9-16(1-3-17(10-43(24,25)26)5-7-19(12-45(30,31)32)13-46(33,34)35)2-4-18(11-44(27,28)29)6-8-20(14-47(36,37)38)15-48(39,40)41/h1-15H2,(H2,21,22,23)(H2,24,25,26)(H2,27,28,29)(H2,30,31,32)(H2,33,34,35)(H2,36,37,38)(H2,39,40,41). The van der Waals surface area contributed by atoms with Crippen molar-refractivity contribution in [3.63, 3.8) is 0 Å². The Hall–Kier alpha value is 0.850. The summed E-state index contributed by atoms with van der Waals surface area (Å²) in [5.74, 6) is 0. The maximum absolute atomic E-state index is 11.8. The Bertz CT molecular complexity index is 1190. The van der Waals surface area contributed by atoms with Crippen molar-refractivity contribution in [3.8, 4) is 0 Å². The van der Waals surface area contributed by atoms with E-state index in [9.17, 15) is 100 Å². The molecule has 0 aromatic heterocycles. The highest BCUT2D eigenvalue weighted by Gasteiger charge is 2.30. The Morgan fingerprint density at radius 2 is 0.333 bits per heavy atom. The SMILES string of the molecule is O=P(O)(O)CN(CCN(CCN(CP(=O)(O)O)CP(=O)(O)O)CP(=O)(O)O)CCN(CCN(CP(=O)(O)O)CP(=O)(O)O)CP(=O)(O)O. The third-order valence-electron chi connectivity index (χ3n) is 5.62. The number of hydrogen-bond donors (Lipinski definition) is 14. The van der Waals surface area contributed by atoms with Crippen molar-refractivity contribution < 1.29 is 100 Å². The summed E-state index contributed by atoms with van der Waals surface area (Å²) in [6, 6.07) is 0. The fraction of sp³-hybridized carbons (Fsp3) is 1.00. The van der Waals surface area contributed by atoms with Gasteiger partial charge in [0.25, 0.3) is 0 Å². The monoisotopic (exact) mass is 847 g/mol. The first kappa shape index (κ1) is 48.9. The molecule has 0 amide bonds. The fourth-order valence-corrected chi connectivity index (χ4v) is 9.86. The number of rotatable bonds is 26. The zero-order valence-corrected chi connectivity index (χ0v) is 31.4. The van der Waals surface area contributed by atoms with E-state index in [4.69, 9.17) is 0 Å². The minimum Gasteiger partial charge on any atom is -0.324 e. The van der Waals surface area contributed by atoms with Gasteiger partial charge in [0.1, 0.15) is 44.0 Å². The molecule has 290 valence electrons. The van der Waals surface area contributed by atoms with Crippen molar-refractivity contribution >= 4 is 53.2 Å². The van der Waals surface area contributed by atoms with E-state index in [-0.39, 0.29) is 0 Å². The Balaban J connectivity index is 5.96. The van der Waals surface area contributed by atoms with Crippen molar-refractivity contribution in [1.29, 1.82) is 0 Å². The topological polar surface area (TPSA) is 419 Å². The minimum absolute atomic E-state index is 0.408. The van der Waals surface area contributed by atoms with Crippen LogP contribution in [0.1, 0.15) is 0 Å². The molecule has 0 fully saturated rings. The highest BCUT2D eigenvalue weighted by Crippen LogP contribution is 2.42. The minimum atomic E-state index is -4.86. The van der Waals surface area contributed by atoms with E-state index in [1.807, 2.05) is 0 Å². The molecule has 26 nitrogen and oxygen atoms in total. The molecule has 48 heavy (non-hydrogen) atoms. The molecule has 33 heteroatoms. The van der Waals surface area contributed by atoms with Crippen LogP contribution >= 0.6 is 53.2 Å². The molecule has 0 atom stereocenters. The van der Waals surface area contributed by atoms with Gasteiger partial charge in [-0.3, -0.25) is 56.5 Å². The molecule has 0 heterocycles. The van der Waals surface area contributed by atoms with Crippen molar-refractivity contribution in [1.82, 2.24) is 24.5 Å². The van der Waals surface area contributed by atoms with Gasteiger partial charge in [0.05, 0.1) is 0 Å². The first-order valence-corrected chi connectivity index (χ1v) is 25.6. The van der Waals surface area contributed by atoms with Crippen LogP contribution < -0.4 is 0 Å². The molecular formula is C15H44N5O21P7. The predicted octanol–water partition coefficient (Wildman–Crippen LogP) is -3.56. The summed E-state index contributed by atoms with van der Waals surface area (Å²) in [6.07, 6.45) is -7.50. The van der Waals surface area contributed by atoms with Crippen LogP contribution in [0.4, 0.5) is 0 Å². The second kappa shape index (κ2) is 19.8. The molecule has 0 saturated heterocycles. The van der Waals surface area contributed by atoms with E-state index in [1.165, 1.54) is 0 Å². The Labute approximate surface area is 274 Å². The van der Waals surface area contributed by atoms with Gasteiger partial charge in [-0.05, 0) is 0 Å². The van der Waals surface area contributed by atoms with Gasteiger partial charge in [0.2, 0.25) is 0 Å². The maximum Gasteiger partial charge on any atom is 0.339 e. The third kappa shape index (κ3) is 31.6. The molecule has 0 rings (SSSR count). The van der Waals surface area contributed by atoms with Gasteiger partial charge in [-0.15, -0.1) is 0 Å². The smallest absolute Gasteiger partial charge is 0.324 e. The average Bonchev–Trinajstić information content (AvgIpc) is 2.75. The van der Waals surface area contributed by atoms with Gasteiger partial charge in [-0.1, -0.05) is 0 Å². The van der Waals surface area contributed by atoms with Crippen molar-refractivity contribution in [3.05, 3.63) is 0 Å². The zero-order valence-electron chi connectivity index (χ0n) is 25.1. The van der Waals surface area contributed by atoms with E-state index in [1.54, 1.807) is 0 Å². The van der Waals surface area contributed by atoms with Gasteiger partial charge >= 0.3 is 53.2 Å². The number of hydrogen-bond acceptors (Lipinski definition) is 12. The van der Waals surface area contributed by atoms with Crippen LogP contribution in [0.3, 0.4) is 0 Å². The van der Waals surface area contributed by atoms with Crippen LogP contribution in [-0.2, 0) is 32.0 Å². The summed E-state index contributed by atoms with van der Waals surface area (Å²) >= 11 is 0. The van der Waals surface area contributed by atoms with Crippen molar-refractivity contribution in [2.75, 3.05) is 96.4 Å². The summed E-state index contributed by atoms with van der Waals surface area (Å²) in [5, 5.41) is 0. The van der Waals surface area contributed by atoms with Crippen molar-refractivity contribution in [2.24, 2.45) is 0 Å². The molecule has 0 saturated carbocycles. The summed E-state index contributed by atoms with van der Waals surface area (Å²) < 4.78 is 81.0. The highest BCUT2D eigenvalue weighted by atomic mass is 31.2. The van der Waals surface area contributed by atoms with Gasteiger partial charge in [0, 0.05) is 52.4 Å². The Kier molecular flexibility index (Phi) is 20.1. The first-order chi connectivity index (χ1) is 21.1. The molecule has 0 bridgehead atoms. The van der Waals surface area contributed by atoms with Gasteiger partial charge < -0.3 is 68.5 Å². The quantitative estimate of drug-likeness (QED) is 0.0375. The molecule has 0 aromatic rings. The van der Waals surface area contributed by atoms with Crippen LogP contribution in [0.5, 0.6) is 0 Å². The third-order valence-corrected chi connectivity index (χ3v) is 11.0. The second-order valence-corrected chi connectivity index (χ2v) is 22.1.